The molecule has 0 unspecified atom stereocenters. The van der Waals surface area contributed by atoms with E-state index in [0.717, 1.165) is 21.7 Å². The van der Waals surface area contributed by atoms with Gasteiger partial charge in [-0.3, -0.25) is 0 Å². The third-order valence-electron chi connectivity index (χ3n) is 2.94. The molecule has 2 heterocycles. The zero-order valence-electron chi connectivity index (χ0n) is 10.4. The summed E-state index contributed by atoms with van der Waals surface area (Å²) in [6.45, 7) is 0.0305. The van der Waals surface area contributed by atoms with Gasteiger partial charge in [-0.05, 0) is 12.5 Å². The van der Waals surface area contributed by atoms with Gasteiger partial charge in [0.25, 0.3) is 0 Å². The first-order valence-electron chi connectivity index (χ1n) is 5.75. The van der Waals surface area contributed by atoms with Gasteiger partial charge in [0.15, 0.2) is 9.84 Å². The minimum Gasteiger partial charge on any atom is -0.477 e. The molecule has 0 aliphatic carbocycles. The van der Waals surface area contributed by atoms with Crippen LogP contribution in [-0.2, 0) is 19.9 Å². The maximum Gasteiger partial charge on any atom is 0.345 e. The first-order valence-corrected chi connectivity index (χ1v) is 9.89. The van der Waals surface area contributed by atoms with E-state index in [1.54, 1.807) is 0 Å². The zero-order chi connectivity index (χ0) is 15.0. The van der Waals surface area contributed by atoms with E-state index in [4.69, 9.17) is 5.11 Å². The summed E-state index contributed by atoms with van der Waals surface area (Å²) in [5.41, 5.74) is 0. The van der Waals surface area contributed by atoms with Crippen molar-refractivity contribution in [3.8, 4) is 0 Å². The van der Waals surface area contributed by atoms with Gasteiger partial charge in [0.1, 0.15) is 4.88 Å². The summed E-state index contributed by atoms with van der Waals surface area (Å²) in [7, 11) is -7.03. The predicted molar refractivity (Wildman–Crippen MR) is 73.3 cm³/mol. The Labute approximate surface area is 120 Å². The summed E-state index contributed by atoms with van der Waals surface area (Å²) < 4.78 is 48.7. The second-order valence-electron chi connectivity index (χ2n) is 4.36. The number of thiophene rings is 1. The zero-order valence-corrected chi connectivity index (χ0v) is 12.8. The molecule has 1 saturated heterocycles. The number of hydrogen-bond donors (Lipinski definition) is 1. The SMILES string of the molecule is O=C(O)c1cc(S(=O)(=O)N2CCCS(=O)(=O)CC2)cs1. The van der Waals surface area contributed by atoms with Crippen molar-refractivity contribution in [2.75, 3.05) is 24.6 Å². The van der Waals surface area contributed by atoms with Crippen molar-refractivity contribution in [3.63, 3.8) is 0 Å². The van der Waals surface area contributed by atoms with Crippen LogP contribution in [0.2, 0.25) is 0 Å². The summed E-state index contributed by atoms with van der Waals surface area (Å²) in [6.07, 6.45) is 0.248. The Morgan fingerprint density at radius 1 is 1.30 bits per heavy atom. The minimum atomic E-state index is -3.83. The molecule has 0 radical (unpaired) electrons. The van der Waals surface area contributed by atoms with Crippen molar-refractivity contribution in [3.05, 3.63) is 16.3 Å². The van der Waals surface area contributed by atoms with Gasteiger partial charge < -0.3 is 5.11 Å². The number of rotatable bonds is 3. The smallest absolute Gasteiger partial charge is 0.345 e. The number of hydrogen-bond acceptors (Lipinski definition) is 6. The summed E-state index contributed by atoms with van der Waals surface area (Å²) in [6, 6.07) is 1.10. The molecule has 1 fully saturated rings. The molecule has 0 amide bonds. The van der Waals surface area contributed by atoms with Gasteiger partial charge >= 0.3 is 5.97 Å². The molecule has 112 valence electrons. The number of nitrogens with zero attached hydrogens (tertiary/aromatic N) is 1. The molecule has 0 atom stereocenters. The highest BCUT2D eigenvalue weighted by molar-refractivity contribution is 7.91. The van der Waals surface area contributed by atoms with Gasteiger partial charge in [0.2, 0.25) is 10.0 Å². The van der Waals surface area contributed by atoms with E-state index in [1.807, 2.05) is 0 Å². The number of carbonyl (C=O) groups is 1. The summed E-state index contributed by atoms with van der Waals surface area (Å²) in [5.74, 6) is -1.42. The standard InChI is InChI=1S/C10H13NO6S3/c12-10(13)9-6-8(7-18-9)20(16,17)11-2-1-4-19(14,15)5-3-11/h6-7H,1-5H2,(H,12,13). The summed E-state index contributed by atoms with van der Waals surface area (Å²) in [5, 5.41) is 10.1. The predicted octanol–water partition coefficient (Wildman–Crippen LogP) is 0.256. The first-order chi connectivity index (χ1) is 9.22. The Bertz CT molecular complexity index is 718. The van der Waals surface area contributed by atoms with Gasteiger partial charge in [-0.2, -0.15) is 4.31 Å². The Morgan fingerprint density at radius 3 is 2.60 bits per heavy atom. The Balaban J connectivity index is 2.27. The number of carboxylic acids is 1. The fourth-order valence-corrected chi connectivity index (χ4v) is 5.84. The molecule has 7 nitrogen and oxygen atoms in total. The highest BCUT2D eigenvalue weighted by Crippen LogP contribution is 2.23. The lowest BCUT2D eigenvalue weighted by atomic mass is 10.5. The quantitative estimate of drug-likeness (QED) is 0.846. The van der Waals surface area contributed by atoms with Crippen molar-refractivity contribution >= 4 is 37.2 Å². The van der Waals surface area contributed by atoms with Crippen LogP contribution in [0.3, 0.4) is 0 Å². The van der Waals surface area contributed by atoms with Crippen LogP contribution in [0.15, 0.2) is 16.3 Å². The van der Waals surface area contributed by atoms with E-state index < -0.39 is 25.8 Å². The largest absolute Gasteiger partial charge is 0.477 e. The van der Waals surface area contributed by atoms with E-state index in [-0.39, 0.29) is 40.8 Å². The molecule has 1 aliphatic rings. The van der Waals surface area contributed by atoms with Gasteiger partial charge in [-0.25, -0.2) is 21.6 Å². The molecular weight excluding hydrogens is 326 g/mol. The van der Waals surface area contributed by atoms with Gasteiger partial charge in [-0.1, -0.05) is 0 Å². The molecule has 1 aliphatic heterocycles. The monoisotopic (exact) mass is 339 g/mol. The average molecular weight is 339 g/mol. The first kappa shape index (κ1) is 15.4. The van der Waals surface area contributed by atoms with Gasteiger partial charge in [0.05, 0.1) is 16.4 Å². The van der Waals surface area contributed by atoms with Crippen molar-refractivity contribution < 1.29 is 26.7 Å². The fraction of sp³-hybridized carbons (Fsp3) is 0.500. The minimum absolute atomic E-state index is 0.0248. The van der Waals surface area contributed by atoms with Crippen LogP contribution < -0.4 is 0 Å². The fourth-order valence-electron chi connectivity index (χ4n) is 1.87. The summed E-state index contributed by atoms with van der Waals surface area (Å²) >= 11 is 0.830. The molecular formula is C10H13NO6S3. The van der Waals surface area contributed by atoms with Crippen LogP contribution in [0.4, 0.5) is 0 Å². The van der Waals surface area contributed by atoms with Crippen LogP contribution in [0.5, 0.6) is 0 Å². The molecule has 1 aromatic heterocycles. The lowest BCUT2D eigenvalue weighted by Gasteiger charge is -2.18. The van der Waals surface area contributed by atoms with Crippen LogP contribution in [0.1, 0.15) is 16.1 Å². The number of carboxylic acid groups (broad SMARTS) is 1. The van der Waals surface area contributed by atoms with E-state index in [0.29, 0.717) is 0 Å². The van der Waals surface area contributed by atoms with Crippen LogP contribution in [0.25, 0.3) is 0 Å². The van der Waals surface area contributed by atoms with Gasteiger partial charge in [0, 0.05) is 18.5 Å². The third-order valence-corrected chi connectivity index (χ3v) is 7.60. The molecule has 0 aromatic carbocycles. The van der Waals surface area contributed by atoms with E-state index in [2.05, 4.69) is 0 Å². The van der Waals surface area contributed by atoms with Crippen LogP contribution in [-0.4, -0.2) is 56.8 Å². The number of sulfonamides is 1. The van der Waals surface area contributed by atoms with Crippen molar-refractivity contribution in [1.29, 1.82) is 0 Å². The molecule has 1 N–H and O–H groups in total. The Kier molecular flexibility index (Phi) is 4.19. The van der Waals surface area contributed by atoms with Crippen molar-refractivity contribution in [2.24, 2.45) is 0 Å². The lowest BCUT2D eigenvalue weighted by Crippen LogP contribution is -2.33. The Hall–Kier alpha value is -0.970. The molecule has 1 aromatic rings. The number of aromatic carboxylic acids is 1. The second-order valence-corrected chi connectivity index (χ2v) is 9.51. The summed E-state index contributed by atoms with van der Waals surface area (Å²) in [4.78, 5) is 10.6. The maximum absolute atomic E-state index is 12.3. The van der Waals surface area contributed by atoms with Crippen molar-refractivity contribution in [1.82, 2.24) is 4.31 Å². The second kappa shape index (κ2) is 5.43. The molecule has 0 bridgehead atoms. The van der Waals surface area contributed by atoms with Crippen molar-refractivity contribution in [2.45, 2.75) is 11.3 Å². The van der Waals surface area contributed by atoms with E-state index >= 15 is 0 Å². The highest BCUT2D eigenvalue weighted by Gasteiger charge is 2.30. The third kappa shape index (κ3) is 3.19. The van der Waals surface area contributed by atoms with Gasteiger partial charge in [-0.15, -0.1) is 11.3 Å². The van der Waals surface area contributed by atoms with Crippen LogP contribution >= 0.6 is 11.3 Å². The maximum atomic E-state index is 12.3. The molecule has 0 saturated carbocycles. The van der Waals surface area contributed by atoms with E-state index in [1.165, 1.54) is 5.38 Å². The average Bonchev–Trinajstić information content (AvgIpc) is 2.76. The topological polar surface area (TPSA) is 109 Å². The lowest BCUT2D eigenvalue weighted by molar-refractivity contribution is 0.0702. The van der Waals surface area contributed by atoms with Crippen LogP contribution in [0, 0.1) is 0 Å². The molecule has 20 heavy (non-hydrogen) atoms. The molecule has 0 spiro atoms. The normalized spacial score (nSPS) is 20.4. The highest BCUT2D eigenvalue weighted by atomic mass is 32.2. The van der Waals surface area contributed by atoms with E-state index in [9.17, 15) is 21.6 Å². The Morgan fingerprint density at radius 2 is 2.00 bits per heavy atom. The molecule has 2 rings (SSSR count). The molecule has 10 heteroatoms. The number of sulfone groups is 1.